The second-order valence-corrected chi connectivity index (χ2v) is 5.70. The van der Waals surface area contributed by atoms with E-state index in [0.29, 0.717) is 18.8 Å². The van der Waals surface area contributed by atoms with Crippen LogP contribution in [0.15, 0.2) is 27.8 Å². The SMILES string of the molecule is CCCCCN=C(NCC)N1CCN(C(=O)c2ccco2)CC1.I. The van der Waals surface area contributed by atoms with E-state index in [1.165, 1.54) is 19.1 Å². The fraction of sp³-hybridized carbons (Fsp3) is 0.647. The van der Waals surface area contributed by atoms with Gasteiger partial charge in [-0.1, -0.05) is 19.8 Å². The summed E-state index contributed by atoms with van der Waals surface area (Å²) < 4.78 is 5.20. The lowest BCUT2D eigenvalue weighted by molar-refractivity contribution is 0.0657. The molecule has 1 aromatic rings. The molecule has 2 heterocycles. The number of aliphatic imine (C=N–C) groups is 1. The zero-order valence-corrected chi connectivity index (χ0v) is 17.0. The molecule has 0 unspecified atom stereocenters. The Balaban J connectivity index is 0.00000288. The molecule has 6 nitrogen and oxygen atoms in total. The maximum atomic E-state index is 12.3. The molecule has 1 fully saturated rings. The normalized spacial score (nSPS) is 15.2. The number of carbonyl (C=O) groups excluding carboxylic acids is 1. The van der Waals surface area contributed by atoms with Crippen LogP contribution in [0.5, 0.6) is 0 Å². The lowest BCUT2D eigenvalue weighted by Gasteiger charge is -2.36. The summed E-state index contributed by atoms with van der Waals surface area (Å²) in [6, 6.07) is 3.46. The van der Waals surface area contributed by atoms with E-state index < -0.39 is 0 Å². The van der Waals surface area contributed by atoms with Crippen molar-refractivity contribution in [3.63, 3.8) is 0 Å². The molecule has 1 saturated heterocycles. The molecule has 0 radical (unpaired) electrons. The summed E-state index contributed by atoms with van der Waals surface area (Å²) in [6.45, 7) is 8.98. The number of rotatable bonds is 6. The van der Waals surface area contributed by atoms with Gasteiger partial charge in [0.25, 0.3) is 5.91 Å². The summed E-state index contributed by atoms with van der Waals surface area (Å²) in [7, 11) is 0. The summed E-state index contributed by atoms with van der Waals surface area (Å²) >= 11 is 0. The first kappa shape index (κ1) is 20.8. The number of halogens is 1. The molecule has 0 atom stereocenters. The van der Waals surface area contributed by atoms with Crippen LogP contribution in [0.25, 0.3) is 0 Å². The summed E-state index contributed by atoms with van der Waals surface area (Å²) in [6.07, 6.45) is 5.09. The molecule has 0 bridgehead atoms. The second kappa shape index (κ2) is 11.3. The van der Waals surface area contributed by atoms with Gasteiger partial charge in [0.15, 0.2) is 11.7 Å². The number of piperazine rings is 1. The van der Waals surface area contributed by atoms with Crippen LogP contribution in [-0.2, 0) is 0 Å². The highest BCUT2D eigenvalue weighted by molar-refractivity contribution is 14.0. The van der Waals surface area contributed by atoms with Gasteiger partial charge < -0.3 is 19.5 Å². The number of nitrogens with zero attached hydrogens (tertiary/aromatic N) is 3. The Morgan fingerprint density at radius 3 is 2.50 bits per heavy atom. The number of hydrogen-bond acceptors (Lipinski definition) is 3. The molecule has 0 saturated carbocycles. The summed E-state index contributed by atoms with van der Waals surface area (Å²) in [5.41, 5.74) is 0. The van der Waals surface area contributed by atoms with E-state index in [9.17, 15) is 4.79 Å². The minimum absolute atomic E-state index is 0. The Morgan fingerprint density at radius 1 is 1.21 bits per heavy atom. The van der Waals surface area contributed by atoms with Gasteiger partial charge in [0.05, 0.1) is 6.26 Å². The van der Waals surface area contributed by atoms with Crippen molar-refractivity contribution in [2.24, 2.45) is 4.99 Å². The number of guanidine groups is 1. The number of unbranched alkanes of at least 4 members (excludes halogenated alkanes) is 2. The fourth-order valence-corrected chi connectivity index (χ4v) is 2.65. The van der Waals surface area contributed by atoms with Gasteiger partial charge in [-0.2, -0.15) is 0 Å². The fourth-order valence-electron chi connectivity index (χ4n) is 2.65. The average Bonchev–Trinajstić information content (AvgIpc) is 3.12. The Hall–Kier alpha value is -1.25. The third-order valence-corrected chi connectivity index (χ3v) is 3.96. The summed E-state index contributed by atoms with van der Waals surface area (Å²) in [5, 5.41) is 3.35. The Labute approximate surface area is 161 Å². The number of amides is 1. The van der Waals surface area contributed by atoms with E-state index in [1.807, 2.05) is 4.90 Å². The highest BCUT2D eigenvalue weighted by atomic mass is 127. The molecule has 1 N–H and O–H groups in total. The molecule has 7 heteroatoms. The highest BCUT2D eigenvalue weighted by Crippen LogP contribution is 2.09. The predicted octanol–water partition coefficient (Wildman–Crippen LogP) is 2.81. The average molecular weight is 448 g/mol. The van der Waals surface area contributed by atoms with Gasteiger partial charge in [-0.25, -0.2) is 0 Å². The molecule has 0 aromatic carbocycles. The molecule has 1 amide bonds. The molecule has 2 rings (SSSR count). The van der Waals surface area contributed by atoms with Gasteiger partial charge in [0.1, 0.15) is 0 Å². The van der Waals surface area contributed by atoms with Crippen LogP contribution in [-0.4, -0.2) is 60.9 Å². The van der Waals surface area contributed by atoms with Crippen molar-refractivity contribution in [3.8, 4) is 0 Å². The molecule has 0 spiro atoms. The zero-order valence-electron chi connectivity index (χ0n) is 14.7. The summed E-state index contributed by atoms with van der Waals surface area (Å²) in [5.74, 6) is 1.35. The quantitative estimate of drug-likeness (QED) is 0.315. The van der Waals surface area contributed by atoms with Crippen LogP contribution in [0.3, 0.4) is 0 Å². The number of furan rings is 1. The van der Waals surface area contributed by atoms with Crippen LogP contribution < -0.4 is 5.32 Å². The maximum absolute atomic E-state index is 12.3. The van der Waals surface area contributed by atoms with Crippen LogP contribution in [0.2, 0.25) is 0 Å². The van der Waals surface area contributed by atoms with Gasteiger partial charge in [-0.05, 0) is 25.5 Å². The van der Waals surface area contributed by atoms with Gasteiger partial charge >= 0.3 is 0 Å². The van der Waals surface area contributed by atoms with Crippen molar-refractivity contribution >= 4 is 35.8 Å². The third kappa shape index (κ3) is 5.99. The minimum Gasteiger partial charge on any atom is -0.459 e. The zero-order chi connectivity index (χ0) is 16.5. The first-order valence-corrected chi connectivity index (χ1v) is 8.62. The van der Waals surface area contributed by atoms with E-state index in [1.54, 1.807) is 12.1 Å². The standard InChI is InChI=1S/C17H28N4O2.HI/c1-3-5-6-9-19-17(18-4-2)21-12-10-20(11-13-21)16(22)15-8-7-14-23-15;/h7-8,14H,3-6,9-13H2,1-2H3,(H,18,19);1H. The minimum atomic E-state index is -0.0282. The summed E-state index contributed by atoms with van der Waals surface area (Å²) in [4.78, 5) is 21.1. The molecular formula is C17H29IN4O2. The van der Waals surface area contributed by atoms with Gasteiger partial charge in [0.2, 0.25) is 0 Å². The van der Waals surface area contributed by atoms with Gasteiger partial charge in [0, 0.05) is 39.3 Å². The Kier molecular flexibility index (Phi) is 9.82. The number of hydrogen-bond donors (Lipinski definition) is 1. The van der Waals surface area contributed by atoms with E-state index >= 15 is 0 Å². The van der Waals surface area contributed by atoms with Crippen molar-refractivity contribution in [1.82, 2.24) is 15.1 Å². The first-order valence-electron chi connectivity index (χ1n) is 8.62. The van der Waals surface area contributed by atoms with E-state index in [-0.39, 0.29) is 29.9 Å². The Morgan fingerprint density at radius 2 is 1.92 bits per heavy atom. The van der Waals surface area contributed by atoms with Gasteiger partial charge in [-0.3, -0.25) is 9.79 Å². The van der Waals surface area contributed by atoms with Crippen LogP contribution in [0, 0.1) is 0 Å². The molecule has 1 aliphatic rings. The number of carbonyl (C=O) groups is 1. The highest BCUT2D eigenvalue weighted by Gasteiger charge is 2.24. The topological polar surface area (TPSA) is 61.1 Å². The lowest BCUT2D eigenvalue weighted by Crippen LogP contribution is -2.53. The Bertz CT molecular complexity index is 497. The molecular weight excluding hydrogens is 419 g/mol. The van der Waals surface area contributed by atoms with Gasteiger partial charge in [-0.15, -0.1) is 24.0 Å². The monoisotopic (exact) mass is 448 g/mol. The number of nitrogens with one attached hydrogen (secondary N) is 1. The smallest absolute Gasteiger partial charge is 0.289 e. The molecule has 1 aromatic heterocycles. The molecule has 136 valence electrons. The van der Waals surface area contributed by atoms with Crippen LogP contribution in [0.1, 0.15) is 43.7 Å². The third-order valence-electron chi connectivity index (χ3n) is 3.96. The van der Waals surface area contributed by atoms with Crippen molar-refractivity contribution < 1.29 is 9.21 Å². The van der Waals surface area contributed by atoms with E-state index in [4.69, 9.17) is 9.41 Å². The molecule has 24 heavy (non-hydrogen) atoms. The maximum Gasteiger partial charge on any atom is 0.289 e. The first-order chi connectivity index (χ1) is 11.3. The van der Waals surface area contributed by atoms with E-state index in [2.05, 4.69) is 24.1 Å². The predicted molar refractivity (Wildman–Crippen MR) is 107 cm³/mol. The van der Waals surface area contributed by atoms with Crippen LogP contribution >= 0.6 is 24.0 Å². The lowest BCUT2D eigenvalue weighted by atomic mass is 10.2. The molecule has 0 aliphatic carbocycles. The van der Waals surface area contributed by atoms with Crippen molar-refractivity contribution in [1.29, 1.82) is 0 Å². The van der Waals surface area contributed by atoms with Crippen molar-refractivity contribution in [2.45, 2.75) is 33.1 Å². The molecule has 1 aliphatic heterocycles. The van der Waals surface area contributed by atoms with Crippen molar-refractivity contribution in [3.05, 3.63) is 24.2 Å². The van der Waals surface area contributed by atoms with Crippen LogP contribution in [0.4, 0.5) is 0 Å². The van der Waals surface area contributed by atoms with E-state index in [0.717, 1.165) is 38.6 Å². The largest absolute Gasteiger partial charge is 0.459 e. The second-order valence-electron chi connectivity index (χ2n) is 5.70. The van der Waals surface area contributed by atoms with Crippen molar-refractivity contribution in [2.75, 3.05) is 39.3 Å².